The summed E-state index contributed by atoms with van der Waals surface area (Å²) in [6.07, 6.45) is 4.55. The summed E-state index contributed by atoms with van der Waals surface area (Å²) in [6.45, 7) is 3.93. The molecule has 2 N–H and O–H groups in total. The second kappa shape index (κ2) is 6.81. The van der Waals surface area contributed by atoms with E-state index in [1.807, 2.05) is 0 Å². The van der Waals surface area contributed by atoms with Gasteiger partial charge < -0.3 is 10.6 Å². The summed E-state index contributed by atoms with van der Waals surface area (Å²) in [6, 6.07) is 6.42. The van der Waals surface area contributed by atoms with E-state index in [9.17, 15) is 0 Å². The highest BCUT2D eigenvalue weighted by molar-refractivity contribution is 7.98. The lowest BCUT2D eigenvalue weighted by Gasteiger charge is -2.23. The lowest BCUT2D eigenvalue weighted by molar-refractivity contribution is 0.762. The van der Waals surface area contributed by atoms with E-state index in [0.717, 1.165) is 6.54 Å². The first-order valence-electron chi connectivity index (χ1n) is 5.81. The molecule has 1 rings (SSSR count). The van der Waals surface area contributed by atoms with Crippen molar-refractivity contribution < 1.29 is 0 Å². The van der Waals surface area contributed by atoms with Crippen molar-refractivity contribution in [2.24, 2.45) is 5.73 Å². The van der Waals surface area contributed by atoms with Crippen LogP contribution in [0.15, 0.2) is 23.1 Å². The molecule has 0 heterocycles. The Labute approximate surface area is 103 Å². The Balaban J connectivity index is 2.93. The van der Waals surface area contributed by atoms with Crippen molar-refractivity contribution in [3.05, 3.63) is 23.8 Å². The fourth-order valence-corrected chi connectivity index (χ4v) is 2.47. The van der Waals surface area contributed by atoms with Gasteiger partial charge in [-0.25, -0.2) is 0 Å². The number of hydrogen-bond donors (Lipinski definition) is 1. The van der Waals surface area contributed by atoms with Gasteiger partial charge in [-0.2, -0.15) is 0 Å². The van der Waals surface area contributed by atoms with Crippen molar-refractivity contribution in [2.75, 3.05) is 24.7 Å². The van der Waals surface area contributed by atoms with Gasteiger partial charge in [-0.05, 0) is 24.8 Å². The zero-order valence-electron chi connectivity index (χ0n) is 10.5. The van der Waals surface area contributed by atoms with Crippen LogP contribution < -0.4 is 10.6 Å². The smallest absolute Gasteiger partial charge is 0.0420 e. The van der Waals surface area contributed by atoms with Crippen molar-refractivity contribution >= 4 is 17.4 Å². The molecule has 0 aliphatic carbocycles. The van der Waals surface area contributed by atoms with Crippen LogP contribution >= 0.6 is 11.8 Å². The second-order valence-corrected chi connectivity index (χ2v) is 4.79. The lowest BCUT2D eigenvalue weighted by atomic mass is 10.1. The van der Waals surface area contributed by atoms with E-state index in [4.69, 9.17) is 5.73 Å². The average Bonchev–Trinajstić information content (AvgIpc) is 2.34. The molecule has 2 nitrogen and oxygen atoms in total. The van der Waals surface area contributed by atoms with Crippen molar-refractivity contribution in [2.45, 2.75) is 31.2 Å². The second-order valence-electron chi connectivity index (χ2n) is 3.94. The SMILES string of the molecule is CCCCN(C)c1cccc(SC)c1CN. The average molecular weight is 238 g/mol. The topological polar surface area (TPSA) is 29.3 Å². The number of nitrogens with zero attached hydrogens (tertiary/aromatic N) is 1. The third-order valence-corrected chi connectivity index (χ3v) is 3.61. The van der Waals surface area contributed by atoms with Crippen molar-refractivity contribution in [1.29, 1.82) is 0 Å². The van der Waals surface area contributed by atoms with Gasteiger partial charge in [0, 0.05) is 36.3 Å². The predicted octanol–water partition coefficient (Wildman–Crippen LogP) is 3.10. The zero-order valence-corrected chi connectivity index (χ0v) is 11.3. The first kappa shape index (κ1) is 13.4. The van der Waals surface area contributed by atoms with Crippen molar-refractivity contribution in [3.8, 4) is 0 Å². The third kappa shape index (κ3) is 3.16. The van der Waals surface area contributed by atoms with Crippen molar-refractivity contribution in [3.63, 3.8) is 0 Å². The van der Waals surface area contributed by atoms with E-state index in [1.165, 1.54) is 29.0 Å². The van der Waals surface area contributed by atoms with Crippen LogP contribution in [-0.2, 0) is 6.54 Å². The number of hydrogen-bond acceptors (Lipinski definition) is 3. The van der Waals surface area contributed by atoms with Crippen LogP contribution in [0.3, 0.4) is 0 Å². The van der Waals surface area contributed by atoms with Gasteiger partial charge in [0.1, 0.15) is 0 Å². The zero-order chi connectivity index (χ0) is 12.0. The fourth-order valence-electron chi connectivity index (χ4n) is 1.82. The number of nitrogens with two attached hydrogens (primary N) is 1. The monoisotopic (exact) mass is 238 g/mol. The minimum Gasteiger partial charge on any atom is -0.374 e. The number of thioether (sulfide) groups is 1. The largest absolute Gasteiger partial charge is 0.374 e. The van der Waals surface area contributed by atoms with E-state index in [2.05, 4.69) is 43.3 Å². The van der Waals surface area contributed by atoms with Gasteiger partial charge in [0.2, 0.25) is 0 Å². The molecule has 16 heavy (non-hydrogen) atoms. The molecule has 0 aliphatic rings. The summed E-state index contributed by atoms with van der Waals surface area (Å²) in [4.78, 5) is 3.61. The Kier molecular flexibility index (Phi) is 5.71. The maximum atomic E-state index is 5.85. The third-order valence-electron chi connectivity index (χ3n) is 2.79. The molecular formula is C13H22N2S. The minimum atomic E-state index is 0.614. The van der Waals surface area contributed by atoms with Crippen LogP contribution in [0.5, 0.6) is 0 Å². The fraction of sp³-hybridized carbons (Fsp3) is 0.538. The molecule has 0 atom stereocenters. The number of unbranched alkanes of at least 4 members (excludes halogenated alkanes) is 1. The normalized spacial score (nSPS) is 10.5. The number of rotatable bonds is 6. The van der Waals surface area contributed by atoms with Gasteiger partial charge in [0.05, 0.1) is 0 Å². The van der Waals surface area contributed by atoms with Gasteiger partial charge in [0.25, 0.3) is 0 Å². The molecule has 0 unspecified atom stereocenters. The molecule has 0 spiro atoms. The molecule has 0 fully saturated rings. The molecule has 0 saturated carbocycles. The molecule has 0 bridgehead atoms. The van der Waals surface area contributed by atoms with Crippen LogP contribution in [-0.4, -0.2) is 19.8 Å². The molecule has 0 radical (unpaired) electrons. The molecule has 0 aliphatic heterocycles. The summed E-state index contributed by atoms with van der Waals surface area (Å²) < 4.78 is 0. The molecule has 90 valence electrons. The molecule has 1 aromatic carbocycles. The van der Waals surface area contributed by atoms with Crippen LogP contribution in [0.25, 0.3) is 0 Å². The van der Waals surface area contributed by atoms with Gasteiger partial charge in [-0.15, -0.1) is 11.8 Å². The molecule has 1 aromatic rings. The highest BCUT2D eigenvalue weighted by Crippen LogP contribution is 2.28. The predicted molar refractivity (Wildman–Crippen MR) is 74.3 cm³/mol. The van der Waals surface area contributed by atoms with Gasteiger partial charge in [-0.3, -0.25) is 0 Å². The summed E-state index contributed by atoms with van der Waals surface area (Å²) >= 11 is 1.77. The molecule has 0 saturated heterocycles. The Morgan fingerprint density at radius 2 is 2.12 bits per heavy atom. The van der Waals surface area contributed by atoms with Crippen LogP contribution in [0.1, 0.15) is 25.3 Å². The van der Waals surface area contributed by atoms with E-state index in [-0.39, 0.29) is 0 Å². The lowest BCUT2D eigenvalue weighted by Crippen LogP contribution is -2.20. The van der Waals surface area contributed by atoms with Gasteiger partial charge >= 0.3 is 0 Å². The molecule has 3 heteroatoms. The van der Waals surface area contributed by atoms with Crippen LogP contribution in [0.2, 0.25) is 0 Å². The standard InChI is InChI=1S/C13H22N2S/c1-4-5-9-15(2)12-7-6-8-13(16-3)11(12)10-14/h6-8H,4-5,9-10,14H2,1-3H3. The number of anilines is 1. The maximum absolute atomic E-state index is 5.85. The summed E-state index contributed by atoms with van der Waals surface area (Å²) in [5.74, 6) is 0. The quantitative estimate of drug-likeness (QED) is 0.772. The van der Waals surface area contributed by atoms with Crippen LogP contribution in [0.4, 0.5) is 5.69 Å². The number of benzene rings is 1. The summed E-state index contributed by atoms with van der Waals surface area (Å²) in [5.41, 5.74) is 8.41. The summed E-state index contributed by atoms with van der Waals surface area (Å²) in [5, 5.41) is 0. The summed E-state index contributed by atoms with van der Waals surface area (Å²) in [7, 11) is 2.15. The molecular weight excluding hydrogens is 216 g/mol. The van der Waals surface area contributed by atoms with Crippen molar-refractivity contribution in [1.82, 2.24) is 0 Å². The first-order valence-corrected chi connectivity index (χ1v) is 7.04. The Morgan fingerprint density at radius 3 is 2.69 bits per heavy atom. The Morgan fingerprint density at radius 1 is 1.38 bits per heavy atom. The Hall–Kier alpha value is -0.670. The van der Waals surface area contributed by atoms with Gasteiger partial charge in [-0.1, -0.05) is 19.4 Å². The van der Waals surface area contributed by atoms with Crippen LogP contribution in [0, 0.1) is 0 Å². The molecule has 0 aromatic heterocycles. The minimum absolute atomic E-state index is 0.614. The molecule has 0 amide bonds. The van der Waals surface area contributed by atoms with E-state index in [1.54, 1.807) is 11.8 Å². The maximum Gasteiger partial charge on any atom is 0.0420 e. The van der Waals surface area contributed by atoms with E-state index in [0.29, 0.717) is 6.54 Å². The van der Waals surface area contributed by atoms with E-state index < -0.39 is 0 Å². The highest BCUT2D eigenvalue weighted by atomic mass is 32.2. The first-order chi connectivity index (χ1) is 7.74. The Bertz CT molecular complexity index is 326. The van der Waals surface area contributed by atoms with Gasteiger partial charge in [0.15, 0.2) is 0 Å². The highest BCUT2D eigenvalue weighted by Gasteiger charge is 2.09. The van der Waals surface area contributed by atoms with E-state index >= 15 is 0 Å².